The van der Waals surface area contributed by atoms with Crippen LogP contribution < -0.4 is 20.4 Å². The van der Waals surface area contributed by atoms with Crippen molar-refractivity contribution in [3.63, 3.8) is 0 Å². The van der Waals surface area contributed by atoms with Gasteiger partial charge in [0.25, 0.3) is 0 Å². The number of rotatable bonds is 8. The summed E-state index contributed by atoms with van der Waals surface area (Å²) < 4.78 is 14.6. The Kier molecular flexibility index (Phi) is 7.29. The molecule has 12 heteroatoms. The van der Waals surface area contributed by atoms with Gasteiger partial charge < -0.3 is 20.4 Å². The number of H-pyrrole nitrogens is 1. The monoisotopic (exact) mass is 558 g/mol. The first-order valence-electron chi connectivity index (χ1n) is 14.1. The molecule has 0 saturated carbocycles. The fraction of sp³-hybridized carbons (Fsp3) is 0.414. The molecular weight excluding hydrogens is 523 g/mol. The van der Waals surface area contributed by atoms with Crippen molar-refractivity contribution in [3.05, 3.63) is 66.0 Å². The first-order chi connectivity index (χ1) is 19.8. The number of pyridine rings is 2. The second-order valence-electron chi connectivity index (χ2n) is 11.2. The van der Waals surface area contributed by atoms with Gasteiger partial charge in [-0.25, -0.2) is 19.0 Å². The third kappa shape index (κ3) is 6.31. The highest BCUT2D eigenvalue weighted by Gasteiger charge is 2.32. The standard InChI is InChI=1S/C29H35FN10O/c1-20-13-25(37-36-20)33-24-15-23(38-9-3-4-10-38)16-27(34-24)39-11-7-29(2,8-12-39)35-28(41)14-21-5-6-26(31-17-21)40-19-22(30)18-32-40/h5-6,13,15-19H,3-4,7-12,14H2,1-2H3,(H,35,41)(H2,33,34,36,37). The van der Waals surface area contributed by atoms with Crippen LogP contribution in [0.15, 0.2) is 48.9 Å². The molecule has 6 heterocycles. The number of hydrogen-bond acceptors (Lipinski definition) is 8. The van der Waals surface area contributed by atoms with E-state index in [1.165, 1.54) is 29.4 Å². The number of carbonyl (C=O) groups excluding carboxylic acids is 1. The van der Waals surface area contributed by atoms with Gasteiger partial charge in [-0.3, -0.25) is 9.89 Å². The van der Waals surface area contributed by atoms with Gasteiger partial charge in [0.05, 0.1) is 18.8 Å². The zero-order chi connectivity index (χ0) is 28.4. The number of anilines is 4. The summed E-state index contributed by atoms with van der Waals surface area (Å²) >= 11 is 0. The van der Waals surface area contributed by atoms with Crippen LogP contribution in [0.3, 0.4) is 0 Å². The highest BCUT2D eigenvalue weighted by atomic mass is 19.1. The van der Waals surface area contributed by atoms with E-state index in [9.17, 15) is 9.18 Å². The molecule has 41 heavy (non-hydrogen) atoms. The molecule has 0 unspecified atom stereocenters. The molecule has 0 aliphatic carbocycles. The van der Waals surface area contributed by atoms with E-state index in [-0.39, 0.29) is 17.9 Å². The van der Waals surface area contributed by atoms with Gasteiger partial charge >= 0.3 is 0 Å². The van der Waals surface area contributed by atoms with Gasteiger partial charge in [-0.15, -0.1) is 0 Å². The van der Waals surface area contributed by atoms with Crippen molar-refractivity contribution in [2.75, 3.05) is 41.3 Å². The molecular formula is C29H35FN10O. The molecule has 1 amide bonds. The summed E-state index contributed by atoms with van der Waals surface area (Å²) in [6, 6.07) is 9.80. The quantitative estimate of drug-likeness (QED) is 0.298. The third-order valence-electron chi connectivity index (χ3n) is 7.82. The SMILES string of the molecule is Cc1cc(Nc2cc(N3CCCC3)cc(N3CCC(C)(NC(=O)Cc4ccc(-n5cc(F)cn5)nc4)CC3)n2)n[nH]1. The Morgan fingerprint density at radius 1 is 1.02 bits per heavy atom. The predicted molar refractivity (Wildman–Crippen MR) is 155 cm³/mol. The van der Waals surface area contributed by atoms with Crippen LogP contribution in [0, 0.1) is 12.7 Å². The number of aromatic nitrogens is 6. The lowest BCUT2D eigenvalue weighted by molar-refractivity contribution is -0.122. The number of piperidine rings is 1. The summed E-state index contributed by atoms with van der Waals surface area (Å²) in [5.41, 5.74) is 2.63. The molecule has 0 radical (unpaired) electrons. The molecule has 6 rings (SSSR count). The maximum absolute atomic E-state index is 13.2. The number of carbonyl (C=O) groups is 1. The van der Waals surface area contributed by atoms with E-state index < -0.39 is 5.82 Å². The van der Waals surface area contributed by atoms with E-state index in [1.54, 1.807) is 12.3 Å². The van der Waals surface area contributed by atoms with Gasteiger partial charge in [0.1, 0.15) is 11.6 Å². The smallest absolute Gasteiger partial charge is 0.224 e. The summed E-state index contributed by atoms with van der Waals surface area (Å²) in [5.74, 6) is 2.48. The Morgan fingerprint density at radius 3 is 2.49 bits per heavy atom. The molecule has 214 valence electrons. The summed E-state index contributed by atoms with van der Waals surface area (Å²) in [7, 11) is 0. The maximum Gasteiger partial charge on any atom is 0.224 e. The van der Waals surface area contributed by atoms with Crippen molar-refractivity contribution >= 4 is 29.0 Å². The maximum atomic E-state index is 13.2. The van der Waals surface area contributed by atoms with Crippen LogP contribution in [0.4, 0.5) is 27.5 Å². The van der Waals surface area contributed by atoms with E-state index >= 15 is 0 Å². The second-order valence-corrected chi connectivity index (χ2v) is 11.2. The first-order valence-corrected chi connectivity index (χ1v) is 14.1. The lowest BCUT2D eigenvalue weighted by Crippen LogP contribution is -2.54. The summed E-state index contributed by atoms with van der Waals surface area (Å²) in [6.45, 7) is 7.75. The van der Waals surface area contributed by atoms with E-state index in [1.807, 2.05) is 19.1 Å². The van der Waals surface area contributed by atoms with Crippen molar-refractivity contribution in [1.82, 2.24) is 35.3 Å². The molecule has 3 N–H and O–H groups in total. The van der Waals surface area contributed by atoms with Gasteiger partial charge in [0.2, 0.25) is 5.91 Å². The molecule has 2 aliphatic heterocycles. The average molecular weight is 559 g/mol. The second kappa shape index (κ2) is 11.2. The number of halogens is 1. The molecule has 4 aromatic heterocycles. The Hall–Kier alpha value is -4.48. The van der Waals surface area contributed by atoms with Gasteiger partial charge in [-0.2, -0.15) is 10.2 Å². The molecule has 0 spiro atoms. The predicted octanol–water partition coefficient (Wildman–Crippen LogP) is 3.89. The Balaban J connectivity index is 1.09. The van der Waals surface area contributed by atoms with Gasteiger partial charge in [0, 0.05) is 67.5 Å². The van der Waals surface area contributed by atoms with Crippen molar-refractivity contribution in [2.45, 2.75) is 51.5 Å². The van der Waals surface area contributed by atoms with Crippen LogP contribution in [0.25, 0.3) is 5.82 Å². The number of nitrogens with zero attached hydrogens (tertiary/aromatic N) is 7. The van der Waals surface area contributed by atoms with Gasteiger partial charge in [0.15, 0.2) is 17.5 Å². The topological polar surface area (TPSA) is 120 Å². The van der Waals surface area contributed by atoms with E-state index in [2.05, 4.69) is 59.8 Å². The highest BCUT2D eigenvalue weighted by molar-refractivity contribution is 5.79. The molecule has 0 bridgehead atoms. The molecule has 2 fully saturated rings. The van der Waals surface area contributed by atoms with Gasteiger partial charge in [-0.05, 0) is 51.2 Å². The van der Waals surface area contributed by atoms with Crippen molar-refractivity contribution < 1.29 is 9.18 Å². The molecule has 4 aromatic rings. The van der Waals surface area contributed by atoms with Crippen LogP contribution in [0.2, 0.25) is 0 Å². The minimum absolute atomic E-state index is 0.0458. The molecule has 0 atom stereocenters. The van der Waals surface area contributed by atoms with Crippen molar-refractivity contribution in [2.24, 2.45) is 0 Å². The minimum Gasteiger partial charge on any atom is -0.371 e. The fourth-order valence-corrected chi connectivity index (χ4v) is 5.50. The van der Waals surface area contributed by atoms with Crippen LogP contribution >= 0.6 is 0 Å². The van der Waals surface area contributed by atoms with Crippen LogP contribution in [-0.2, 0) is 11.2 Å². The number of nitrogens with one attached hydrogen (secondary N) is 3. The number of aryl methyl sites for hydroxylation is 1. The number of hydrogen-bond donors (Lipinski definition) is 3. The number of aromatic amines is 1. The largest absolute Gasteiger partial charge is 0.371 e. The van der Waals surface area contributed by atoms with E-state index in [0.717, 1.165) is 73.9 Å². The zero-order valence-corrected chi connectivity index (χ0v) is 23.4. The van der Waals surface area contributed by atoms with Crippen molar-refractivity contribution in [1.29, 1.82) is 0 Å². The minimum atomic E-state index is -0.425. The Morgan fingerprint density at radius 2 is 1.83 bits per heavy atom. The lowest BCUT2D eigenvalue weighted by Gasteiger charge is -2.40. The van der Waals surface area contributed by atoms with Gasteiger partial charge in [-0.1, -0.05) is 6.07 Å². The Bertz CT molecular complexity index is 1500. The normalized spacial score (nSPS) is 16.7. The molecule has 11 nitrogen and oxygen atoms in total. The third-order valence-corrected chi connectivity index (χ3v) is 7.82. The van der Waals surface area contributed by atoms with Crippen LogP contribution in [0.5, 0.6) is 0 Å². The number of amides is 1. The fourth-order valence-electron chi connectivity index (χ4n) is 5.50. The molecule has 0 aromatic carbocycles. The Labute approximate surface area is 238 Å². The van der Waals surface area contributed by atoms with Crippen molar-refractivity contribution in [3.8, 4) is 5.82 Å². The lowest BCUT2D eigenvalue weighted by atomic mass is 9.89. The first kappa shape index (κ1) is 26.7. The molecule has 2 saturated heterocycles. The van der Waals surface area contributed by atoms with Crippen LogP contribution in [-0.4, -0.2) is 67.6 Å². The average Bonchev–Trinajstić information content (AvgIpc) is 3.72. The molecule has 2 aliphatic rings. The summed E-state index contributed by atoms with van der Waals surface area (Å²) in [4.78, 5) is 26.9. The highest BCUT2D eigenvalue weighted by Crippen LogP contribution is 2.31. The summed E-state index contributed by atoms with van der Waals surface area (Å²) in [6.07, 6.45) is 8.26. The van der Waals surface area contributed by atoms with Crippen LogP contribution in [0.1, 0.15) is 43.9 Å². The zero-order valence-electron chi connectivity index (χ0n) is 23.4. The summed E-state index contributed by atoms with van der Waals surface area (Å²) in [5, 5.41) is 17.8. The van der Waals surface area contributed by atoms with E-state index in [4.69, 9.17) is 4.98 Å². The van der Waals surface area contributed by atoms with E-state index in [0.29, 0.717) is 5.82 Å².